The molecule has 0 atom stereocenters. The van der Waals surface area contributed by atoms with Crippen molar-refractivity contribution in [2.75, 3.05) is 7.11 Å². The summed E-state index contributed by atoms with van der Waals surface area (Å²) in [7, 11) is 1.62. The largest absolute Gasteiger partial charge is 0.497 e. The fourth-order valence-corrected chi connectivity index (χ4v) is 1.63. The molecule has 0 spiro atoms. The van der Waals surface area contributed by atoms with Crippen LogP contribution in [0.1, 0.15) is 16.7 Å². The predicted octanol–water partition coefficient (Wildman–Crippen LogP) is 3.77. The Bertz CT molecular complexity index is 588. The smallest absolute Gasteiger partial charge is 0.142 e. The van der Waals surface area contributed by atoms with Crippen molar-refractivity contribution in [3.63, 3.8) is 0 Å². The van der Waals surface area contributed by atoms with E-state index >= 15 is 0 Å². The van der Waals surface area contributed by atoms with Crippen LogP contribution in [0.25, 0.3) is 6.08 Å². The summed E-state index contributed by atoms with van der Waals surface area (Å²) in [4.78, 5) is 5.22. The number of nitrogens with zero attached hydrogens (tertiary/aromatic N) is 1. The van der Waals surface area contributed by atoms with Gasteiger partial charge in [-0.05, 0) is 23.3 Å². The monoisotopic (exact) mass is 266 g/mol. The minimum absolute atomic E-state index is 0.411. The van der Waals surface area contributed by atoms with Crippen molar-refractivity contribution in [2.45, 2.75) is 6.61 Å². The molecule has 0 bridgehead atoms. The first-order chi connectivity index (χ1) is 9.81. The minimum Gasteiger partial charge on any atom is -0.497 e. The van der Waals surface area contributed by atoms with Crippen LogP contribution < -0.4 is 4.74 Å². The van der Waals surface area contributed by atoms with Gasteiger partial charge >= 0.3 is 0 Å². The normalized spacial score (nSPS) is 10.4. The molecule has 3 nitrogen and oxygen atoms in total. The maximum atomic E-state index is 5.22. The molecule has 2 aromatic rings. The van der Waals surface area contributed by atoms with Crippen LogP contribution in [0.5, 0.6) is 5.75 Å². The lowest BCUT2D eigenvalue weighted by atomic mass is 10.1. The first-order valence-electron chi connectivity index (χ1n) is 6.25. The zero-order valence-electron chi connectivity index (χ0n) is 11.4. The number of hydrogen-bond acceptors (Lipinski definition) is 3. The summed E-state index contributed by atoms with van der Waals surface area (Å²) >= 11 is 0. The Morgan fingerprint density at radius 3 is 2.70 bits per heavy atom. The SMILES string of the molecule is C=Cc1ccc(CO/N=[C]\c2cccc(OC)c2)cc1. The average molecular weight is 266 g/mol. The molecule has 0 saturated heterocycles. The molecule has 0 aliphatic rings. The van der Waals surface area contributed by atoms with Crippen molar-refractivity contribution in [1.29, 1.82) is 0 Å². The fourth-order valence-electron chi connectivity index (χ4n) is 1.63. The van der Waals surface area contributed by atoms with Gasteiger partial charge in [-0.1, -0.05) is 54.2 Å². The molecule has 101 valence electrons. The highest BCUT2D eigenvalue weighted by molar-refractivity contribution is 5.79. The standard InChI is InChI=1S/C17H16NO2/c1-3-14-7-9-15(10-8-14)13-20-18-12-16-5-4-6-17(11-16)19-2/h3-11H,1,13H2,2H3. The number of benzene rings is 2. The van der Waals surface area contributed by atoms with Gasteiger partial charge in [0.1, 0.15) is 18.6 Å². The van der Waals surface area contributed by atoms with Crippen LogP contribution in [-0.4, -0.2) is 13.3 Å². The molecule has 0 heterocycles. The van der Waals surface area contributed by atoms with Crippen molar-refractivity contribution in [3.05, 3.63) is 71.8 Å². The van der Waals surface area contributed by atoms with E-state index in [-0.39, 0.29) is 0 Å². The molecule has 20 heavy (non-hydrogen) atoms. The molecule has 0 saturated carbocycles. The molecule has 0 aliphatic heterocycles. The molecule has 2 rings (SSSR count). The highest BCUT2D eigenvalue weighted by Crippen LogP contribution is 2.11. The number of methoxy groups -OCH3 is 1. The Hall–Kier alpha value is -2.55. The van der Waals surface area contributed by atoms with Crippen LogP contribution in [-0.2, 0) is 11.4 Å². The van der Waals surface area contributed by atoms with Gasteiger partial charge in [0.15, 0.2) is 0 Å². The molecule has 1 radical (unpaired) electrons. The summed E-state index contributed by atoms with van der Waals surface area (Å²) in [6.45, 7) is 4.12. The summed E-state index contributed by atoms with van der Waals surface area (Å²) in [6, 6.07) is 15.4. The van der Waals surface area contributed by atoms with Gasteiger partial charge in [-0.3, -0.25) is 0 Å². The number of rotatable bonds is 6. The summed E-state index contributed by atoms with van der Waals surface area (Å²) < 4.78 is 5.12. The lowest BCUT2D eigenvalue weighted by molar-refractivity contribution is 0.132. The van der Waals surface area contributed by atoms with Gasteiger partial charge in [0.25, 0.3) is 0 Å². The van der Waals surface area contributed by atoms with Crippen molar-refractivity contribution in [2.24, 2.45) is 5.16 Å². The van der Waals surface area contributed by atoms with Gasteiger partial charge < -0.3 is 9.57 Å². The van der Waals surface area contributed by atoms with Crippen LogP contribution in [0.3, 0.4) is 0 Å². The van der Waals surface area contributed by atoms with Crippen molar-refractivity contribution in [1.82, 2.24) is 0 Å². The van der Waals surface area contributed by atoms with E-state index in [0.29, 0.717) is 6.61 Å². The molecule has 0 fully saturated rings. The second-order valence-electron chi connectivity index (χ2n) is 4.15. The third kappa shape index (κ3) is 3.99. The van der Waals surface area contributed by atoms with Gasteiger partial charge in [0.05, 0.1) is 7.11 Å². The van der Waals surface area contributed by atoms with Crippen molar-refractivity contribution < 1.29 is 9.57 Å². The lowest BCUT2D eigenvalue weighted by Gasteiger charge is -2.01. The molecule has 0 aromatic heterocycles. The third-order valence-corrected chi connectivity index (χ3v) is 2.76. The van der Waals surface area contributed by atoms with Crippen LogP contribution in [0.2, 0.25) is 0 Å². The highest BCUT2D eigenvalue weighted by Gasteiger charge is 1.95. The molecular formula is C17H16NO2. The van der Waals surface area contributed by atoms with Gasteiger partial charge in [-0.2, -0.15) is 0 Å². The maximum Gasteiger partial charge on any atom is 0.142 e. The quantitative estimate of drug-likeness (QED) is 0.588. The van der Waals surface area contributed by atoms with Crippen LogP contribution in [0.15, 0.2) is 60.3 Å². The van der Waals surface area contributed by atoms with Crippen LogP contribution in [0.4, 0.5) is 0 Å². The first-order valence-corrected chi connectivity index (χ1v) is 6.25. The van der Waals surface area contributed by atoms with Gasteiger partial charge in [0, 0.05) is 5.56 Å². The Kier molecular flexibility index (Phi) is 4.95. The second-order valence-corrected chi connectivity index (χ2v) is 4.15. The second kappa shape index (κ2) is 7.14. The van der Waals surface area contributed by atoms with E-state index in [0.717, 1.165) is 22.4 Å². The molecule has 0 amide bonds. The number of hydrogen-bond donors (Lipinski definition) is 0. The maximum absolute atomic E-state index is 5.22. The Labute approximate surface area is 119 Å². The van der Waals surface area contributed by atoms with Gasteiger partial charge in [0.2, 0.25) is 0 Å². The van der Waals surface area contributed by atoms with Gasteiger partial charge in [-0.15, -0.1) is 0 Å². The zero-order chi connectivity index (χ0) is 14.2. The number of ether oxygens (including phenoxy) is 1. The predicted molar refractivity (Wildman–Crippen MR) is 80.9 cm³/mol. The Balaban J connectivity index is 1.87. The van der Waals surface area contributed by atoms with Crippen LogP contribution in [0, 0.1) is 0 Å². The fraction of sp³-hybridized carbons (Fsp3) is 0.118. The molecule has 0 N–H and O–H groups in total. The Morgan fingerprint density at radius 2 is 2.00 bits per heavy atom. The topological polar surface area (TPSA) is 30.8 Å². The van der Waals surface area contributed by atoms with Crippen LogP contribution >= 0.6 is 0 Å². The van der Waals surface area contributed by atoms with E-state index in [1.165, 1.54) is 0 Å². The molecule has 0 aliphatic carbocycles. The zero-order valence-corrected chi connectivity index (χ0v) is 11.4. The molecule has 0 unspecified atom stereocenters. The van der Waals surface area contributed by atoms with Gasteiger partial charge in [-0.25, -0.2) is 0 Å². The van der Waals surface area contributed by atoms with E-state index in [4.69, 9.17) is 9.57 Å². The molecular weight excluding hydrogens is 250 g/mol. The third-order valence-electron chi connectivity index (χ3n) is 2.76. The molecule has 2 aromatic carbocycles. The summed E-state index contributed by atoms with van der Waals surface area (Å²) in [5.74, 6) is 0.769. The van der Waals surface area contributed by atoms with Crippen molar-refractivity contribution >= 4 is 12.3 Å². The summed E-state index contributed by atoms with van der Waals surface area (Å²) in [5, 5.41) is 3.83. The average Bonchev–Trinajstić information content (AvgIpc) is 2.52. The summed E-state index contributed by atoms with van der Waals surface area (Å²) in [5.41, 5.74) is 2.94. The minimum atomic E-state index is 0.411. The van der Waals surface area contributed by atoms with E-state index in [2.05, 4.69) is 17.9 Å². The first kappa shape index (κ1) is 13.9. The summed E-state index contributed by atoms with van der Waals surface area (Å²) in [6.07, 6.45) is 4.62. The Morgan fingerprint density at radius 1 is 1.20 bits per heavy atom. The van der Waals surface area contributed by atoms with E-state index < -0.39 is 0 Å². The van der Waals surface area contributed by atoms with E-state index in [9.17, 15) is 0 Å². The molecule has 3 heteroatoms. The van der Waals surface area contributed by atoms with E-state index in [1.54, 1.807) is 13.2 Å². The van der Waals surface area contributed by atoms with E-state index in [1.807, 2.05) is 48.5 Å². The lowest BCUT2D eigenvalue weighted by Crippen LogP contribution is -1.89. The highest BCUT2D eigenvalue weighted by atomic mass is 16.6. The van der Waals surface area contributed by atoms with Crippen molar-refractivity contribution in [3.8, 4) is 5.75 Å².